The zero-order valence-corrected chi connectivity index (χ0v) is 21.0. The van der Waals surface area contributed by atoms with Crippen molar-refractivity contribution in [3.8, 4) is 11.5 Å². The summed E-state index contributed by atoms with van der Waals surface area (Å²) in [5, 5.41) is 15.1. The summed E-state index contributed by atoms with van der Waals surface area (Å²) in [6.45, 7) is 4.70. The van der Waals surface area contributed by atoms with Gasteiger partial charge in [0.2, 0.25) is 15.8 Å². The van der Waals surface area contributed by atoms with Gasteiger partial charge in [0.15, 0.2) is 0 Å². The Morgan fingerprint density at radius 2 is 2.08 bits per heavy atom. The van der Waals surface area contributed by atoms with E-state index in [1.54, 1.807) is 19.1 Å². The van der Waals surface area contributed by atoms with Crippen LogP contribution in [0.4, 0.5) is 4.39 Å². The first kappa shape index (κ1) is 25.7. The summed E-state index contributed by atoms with van der Waals surface area (Å²) in [5.74, 6) is -0.153. The highest BCUT2D eigenvalue weighted by molar-refractivity contribution is 7.88. The lowest BCUT2D eigenvalue weighted by atomic mass is 10.1. The van der Waals surface area contributed by atoms with Gasteiger partial charge in [-0.15, -0.1) is 10.2 Å². The molecule has 0 aliphatic carbocycles. The van der Waals surface area contributed by atoms with E-state index in [9.17, 15) is 17.6 Å². The maximum absolute atomic E-state index is 13.7. The van der Waals surface area contributed by atoms with Crippen LogP contribution in [0.25, 0.3) is 11.5 Å². The van der Waals surface area contributed by atoms with Crippen LogP contribution < -0.4 is 5.32 Å². The van der Waals surface area contributed by atoms with Crippen LogP contribution in [0, 0.1) is 12.7 Å². The molecule has 0 bridgehead atoms. The molecule has 1 saturated heterocycles. The number of halogens is 1. The molecular weight excluding hydrogens is 491 g/mol. The van der Waals surface area contributed by atoms with E-state index in [-0.39, 0.29) is 43.6 Å². The Hall–Kier alpha value is -3.36. The van der Waals surface area contributed by atoms with Crippen LogP contribution in [-0.4, -0.2) is 80.9 Å². The standard InChI is InChI=1S/C22H27FN8O4S/c1-4-16-9-15(5-6-18(16)23)11-24-22(32)20-10-19(25-14(2)26-20)21-27-29-31(28-21)13-17-12-30(7-8-35-17)36(3,33)34/h5-6,9-10,17H,4,7-8,11-13H2,1-3H3,(H,24,32)/t17-/m0/s1. The van der Waals surface area contributed by atoms with Crippen molar-refractivity contribution in [2.45, 2.75) is 39.5 Å². The number of nitrogens with zero attached hydrogens (tertiary/aromatic N) is 7. The Morgan fingerprint density at radius 3 is 2.83 bits per heavy atom. The second-order valence-corrected chi connectivity index (χ2v) is 10.4. The van der Waals surface area contributed by atoms with Gasteiger partial charge in [-0.05, 0) is 41.8 Å². The van der Waals surface area contributed by atoms with Gasteiger partial charge < -0.3 is 10.1 Å². The molecule has 1 atom stereocenters. The average Bonchev–Trinajstić information content (AvgIpc) is 3.31. The zero-order chi connectivity index (χ0) is 25.9. The van der Waals surface area contributed by atoms with E-state index in [1.165, 1.54) is 21.2 Å². The van der Waals surface area contributed by atoms with Gasteiger partial charge in [-0.3, -0.25) is 4.79 Å². The van der Waals surface area contributed by atoms with E-state index >= 15 is 0 Å². The highest BCUT2D eigenvalue weighted by Crippen LogP contribution is 2.15. The monoisotopic (exact) mass is 518 g/mol. The molecule has 1 amide bonds. The third-order valence-corrected chi connectivity index (χ3v) is 6.90. The van der Waals surface area contributed by atoms with Crippen LogP contribution in [0.2, 0.25) is 0 Å². The minimum atomic E-state index is -3.32. The van der Waals surface area contributed by atoms with Crippen LogP contribution in [-0.2, 0) is 34.3 Å². The Morgan fingerprint density at radius 1 is 1.28 bits per heavy atom. The molecule has 1 aliphatic rings. The van der Waals surface area contributed by atoms with Crippen molar-refractivity contribution in [2.24, 2.45) is 0 Å². The molecule has 0 spiro atoms. The summed E-state index contributed by atoms with van der Waals surface area (Å²) in [5.41, 5.74) is 1.80. The summed E-state index contributed by atoms with van der Waals surface area (Å²) in [6, 6.07) is 6.20. The van der Waals surface area contributed by atoms with Crippen molar-refractivity contribution >= 4 is 15.9 Å². The SMILES string of the molecule is CCc1cc(CNC(=O)c2cc(-c3nnn(C[C@@H]4CN(S(C)(=O)=O)CCO4)n3)nc(C)n2)ccc1F. The van der Waals surface area contributed by atoms with Gasteiger partial charge >= 0.3 is 0 Å². The molecule has 2 aromatic heterocycles. The van der Waals surface area contributed by atoms with E-state index in [0.29, 0.717) is 30.0 Å². The number of carbonyl (C=O) groups excluding carboxylic acids is 1. The Labute approximate surface area is 207 Å². The van der Waals surface area contributed by atoms with Crippen molar-refractivity contribution in [1.82, 2.24) is 39.8 Å². The zero-order valence-electron chi connectivity index (χ0n) is 20.2. The molecule has 0 saturated carbocycles. The molecule has 36 heavy (non-hydrogen) atoms. The van der Waals surface area contributed by atoms with E-state index < -0.39 is 22.0 Å². The molecule has 12 nitrogen and oxygen atoms in total. The Kier molecular flexibility index (Phi) is 7.66. The number of benzene rings is 1. The van der Waals surface area contributed by atoms with Gasteiger partial charge in [0.05, 0.1) is 25.5 Å². The lowest BCUT2D eigenvalue weighted by Gasteiger charge is -2.30. The van der Waals surface area contributed by atoms with Crippen molar-refractivity contribution < 1.29 is 22.3 Å². The first-order valence-corrected chi connectivity index (χ1v) is 13.2. The number of carbonyl (C=O) groups is 1. The lowest BCUT2D eigenvalue weighted by Crippen LogP contribution is -2.46. The molecule has 1 fully saturated rings. The molecule has 4 rings (SSSR count). The summed E-state index contributed by atoms with van der Waals surface area (Å²) in [7, 11) is -3.32. The van der Waals surface area contributed by atoms with Crippen LogP contribution in [0.5, 0.6) is 0 Å². The summed E-state index contributed by atoms with van der Waals surface area (Å²) >= 11 is 0. The number of hydrogen-bond acceptors (Lipinski definition) is 9. The molecule has 1 aliphatic heterocycles. The second-order valence-electron chi connectivity index (χ2n) is 8.43. The van der Waals surface area contributed by atoms with Crippen LogP contribution in [0.3, 0.4) is 0 Å². The van der Waals surface area contributed by atoms with Crippen LogP contribution in [0.15, 0.2) is 24.3 Å². The number of amides is 1. The van der Waals surface area contributed by atoms with Crippen LogP contribution in [0.1, 0.15) is 34.4 Å². The molecule has 3 aromatic rings. The van der Waals surface area contributed by atoms with Gasteiger partial charge in [0.1, 0.15) is 23.0 Å². The van der Waals surface area contributed by atoms with Crippen molar-refractivity contribution in [2.75, 3.05) is 26.0 Å². The van der Waals surface area contributed by atoms with Crippen molar-refractivity contribution in [1.29, 1.82) is 0 Å². The third-order valence-electron chi connectivity index (χ3n) is 5.63. The number of rotatable bonds is 8. The molecule has 0 unspecified atom stereocenters. The van der Waals surface area contributed by atoms with E-state index in [2.05, 4.69) is 30.7 Å². The number of aromatic nitrogens is 6. The fourth-order valence-electron chi connectivity index (χ4n) is 3.79. The molecule has 0 radical (unpaired) electrons. The van der Waals surface area contributed by atoms with Gasteiger partial charge in [-0.1, -0.05) is 19.1 Å². The normalized spacial score (nSPS) is 16.7. The second kappa shape index (κ2) is 10.7. The molecule has 14 heteroatoms. The quantitative estimate of drug-likeness (QED) is 0.456. The molecule has 1 aromatic carbocycles. The smallest absolute Gasteiger partial charge is 0.270 e. The number of aryl methyl sites for hydroxylation is 2. The summed E-state index contributed by atoms with van der Waals surface area (Å²) in [6.07, 6.45) is 1.29. The minimum absolute atomic E-state index is 0.131. The lowest BCUT2D eigenvalue weighted by molar-refractivity contribution is -0.0141. The third kappa shape index (κ3) is 6.25. The molecule has 1 N–H and O–H groups in total. The molecule has 192 valence electrons. The Balaban J connectivity index is 1.44. The number of hydrogen-bond donors (Lipinski definition) is 1. The predicted molar refractivity (Wildman–Crippen MR) is 127 cm³/mol. The number of ether oxygens (including phenoxy) is 1. The Bertz CT molecular complexity index is 1360. The largest absolute Gasteiger partial charge is 0.373 e. The van der Waals surface area contributed by atoms with Gasteiger partial charge in [-0.2, -0.15) is 9.10 Å². The van der Waals surface area contributed by atoms with Crippen LogP contribution >= 0.6 is 0 Å². The minimum Gasteiger partial charge on any atom is -0.373 e. The fourth-order valence-corrected chi connectivity index (χ4v) is 4.63. The summed E-state index contributed by atoms with van der Waals surface area (Å²) in [4.78, 5) is 22.6. The number of morpholine rings is 1. The van der Waals surface area contributed by atoms with E-state index in [1.807, 2.05) is 6.92 Å². The van der Waals surface area contributed by atoms with Crippen molar-refractivity contribution in [3.63, 3.8) is 0 Å². The van der Waals surface area contributed by atoms with Gasteiger partial charge in [0, 0.05) is 19.6 Å². The number of tetrazole rings is 1. The van der Waals surface area contributed by atoms with E-state index in [4.69, 9.17) is 4.74 Å². The van der Waals surface area contributed by atoms with E-state index in [0.717, 1.165) is 11.8 Å². The maximum atomic E-state index is 13.7. The van der Waals surface area contributed by atoms with Gasteiger partial charge in [0.25, 0.3) is 5.91 Å². The molecule has 3 heterocycles. The fraction of sp³-hybridized carbons (Fsp3) is 0.455. The first-order chi connectivity index (χ1) is 17.1. The maximum Gasteiger partial charge on any atom is 0.270 e. The highest BCUT2D eigenvalue weighted by atomic mass is 32.2. The predicted octanol–water partition coefficient (Wildman–Crippen LogP) is 0.730. The summed E-state index contributed by atoms with van der Waals surface area (Å²) < 4.78 is 44.4. The van der Waals surface area contributed by atoms with Gasteiger partial charge in [-0.25, -0.2) is 22.8 Å². The first-order valence-electron chi connectivity index (χ1n) is 11.4. The average molecular weight is 519 g/mol. The highest BCUT2D eigenvalue weighted by Gasteiger charge is 2.27. The molecular formula is C22H27FN8O4S. The number of sulfonamides is 1. The van der Waals surface area contributed by atoms with Crippen molar-refractivity contribution in [3.05, 3.63) is 52.7 Å². The number of nitrogens with one attached hydrogen (secondary N) is 1. The topological polar surface area (TPSA) is 145 Å².